The molecule has 1 amide bonds. The fourth-order valence-corrected chi connectivity index (χ4v) is 1.80. The van der Waals surface area contributed by atoms with Crippen LogP contribution < -0.4 is 10.1 Å². The Morgan fingerprint density at radius 1 is 1.29 bits per heavy atom. The van der Waals surface area contributed by atoms with Gasteiger partial charge in [-0.15, -0.1) is 0 Å². The highest BCUT2D eigenvalue weighted by Gasteiger charge is 2.12. The fourth-order valence-electron chi connectivity index (χ4n) is 1.68. The predicted octanol–water partition coefficient (Wildman–Crippen LogP) is 4.02. The first-order valence-electron chi connectivity index (χ1n) is 6.71. The van der Waals surface area contributed by atoms with E-state index in [2.05, 4.69) is 24.1 Å². The molecule has 1 aromatic carbocycles. The number of halogens is 1. The molecule has 0 aliphatic carbocycles. The van der Waals surface area contributed by atoms with E-state index in [1.165, 1.54) is 6.20 Å². The summed E-state index contributed by atoms with van der Waals surface area (Å²) in [6.45, 7) is 4.68. The van der Waals surface area contributed by atoms with Gasteiger partial charge in [0.05, 0.1) is 24.1 Å². The lowest BCUT2D eigenvalue weighted by atomic mass is 10.1. The van der Waals surface area contributed by atoms with Crippen LogP contribution in [0.5, 0.6) is 5.75 Å². The normalized spacial score (nSPS) is 10.5. The van der Waals surface area contributed by atoms with Gasteiger partial charge in [-0.3, -0.25) is 4.79 Å². The van der Waals surface area contributed by atoms with E-state index in [9.17, 15) is 4.79 Å². The van der Waals surface area contributed by atoms with E-state index in [4.69, 9.17) is 16.3 Å². The number of amides is 1. The molecule has 5 heteroatoms. The van der Waals surface area contributed by atoms with Crippen LogP contribution >= 0.6 is 11.6 Å². The smallest absolute Gasteiger partial charge is 0.259 e. The van der Waals surface area contributed by atoms with Crippen LogP contribution in [0.2, 0.25) is 5.15 Å². The molecule has 0 atom stereocenters. The van der Waals surface area contributed by atoms with E-state index in [1.807, 2.05) is 6.07 Å². The molecule has 0 saturated heterocycles. The van der Waals surface area contributed by atoms with Crippen LogP contribution in [0.4, 0.5) is 5.69 Å². The summed E-state index contributed by atoms with van der Waals surface area (Å²) >= 11 is 5.72. The van der Waals surface area contributed by atoms with E-state index < -0.39 is 0 Å². The number of para-hydroxylation sites is 1. The van der Waals surface area contributed by atoms with Crippen molar-refractivity contribution < 1.29 is 9.53 Å². The lowest BCUT2D eigenvalue weighted by Gasteiger charge is -2.13. The average molecular weight is 305 g/mol. The molecule has 2 aromatic rings. The molecule has 0 bridgehead atoms. The molecule has 0 unspecified atom stereocenters. The third-order valence-corrected chi connectivity index (χ3v) is 2.91. The Labute approximate surface area is 129 Å². The number of hydrogen-bond donors (Lipinski definition) is 1. The lowest BCUT2D eigenvalue weighted by Crippen LogP contribution is -2.15. The molecular weight excluding hydrogens is 288 g/mol. The summed E-state index contributed by atoms with van der Waals surface area (Å²) in [5, 5.41) is 3.16. The maximum Gasteiger partial charge on any atom is 0.259 e. The van der Waals surface area contributed by atoms with Crippen LogP contribution in [0.25, 0.3) is 0 Å². The van der Waals surface area contributed by atoms with Crippen LogP contribution in [-0.2, 0) is 0 Å². The molecular formula is C16H17ClN2O2. The highest BCUT2D eigenvalue weighted by molar-refractivity contribution is 6.29. The largest absolute Gasteiger partial charge is 0.492 e. The SMILES string of the molecule is CC(C)COc1ccccc1C(=O)Nc1ccc(Cl)nc1. The summed E-state index contributed by atoms with van der Waals surface area (Å²) < 4.78 is 5.68. The van der Waals surface area contributed by atoms with Crippen molar-refractivity contribution >= 4 is 23.2 Å². The number of carbonyl (C=O) groups is 1. The molecule has 0 saturated carbocycles. The van der Waals surface area contributed by atoms with E-state index in [1.54, 1.807) is 30.3 Å². The van der Waals surface area contributed by atoms with Gasteiger partial charge in [-0.2, -0.15) is 0 Å². The highest BCUT2D eigenvalue weighted by Crippen LogP contribution is 2.20. The second kappa shape index (κ2) is 7.09. The second-order valence-electron chi connectivity index (χ2n) is 5.02. The van der Waals surface area contributed by atoms with Gasteiger partial charge in [0.1, 0.15) is 10.9 Å². The molecule has 0 aliphatic rings. The van der Waals surface area contributed by atoms with Crippen molar-refractivity contribution in [1.82, 2.24) is 4.98 Å². The standard InChI is InChI=1S/C16H17ClN2O2/c1-11(2)10-21-14-6-4-3-5-13(14)16(20)19-12-7-8-15(17)18-9-12/h3-9,11H,10H2,1-2H3,(H,19,20). The van der Waals surface area contributed by atoms with Crippen LogP contribution in [0.1, 0.15) is 24.2 Å². The summed E-state index contributed by atoms with van der Waals surface area (Å²) in [7, 11) is 0. The summed E-state index contributed by atoms with van der Waals surface area (Å²) in [5.41, 5.74) is 1.08. The van der Waals surface area contributed by atoms with Gasteiger partial charge >= 0.3 is 0 Å². The van der Waals surface area contributed by atoms with E-state index >= 15 is 0 Å². The molecule has 0 aliphatic heterocycles. The van der Waals surface area contributed by atoms with Crippen LogP contribution in [0.15, 0.2) is 42.6 Å². The predicted molar refractivity (Wildman–Crippen MR) is 84.0 cm³/mol. The summed E-state index contributed by atoms with van der Waals surface area (Å²) in [5.74, 6) is 0.727. The lowest BCUT2D eigenvalue weighted by molar-refractivity contribution is 0.102. The van der Waals surface area contributed by atoms with Crippen molar-refractivity contribution in [2.24, 2.45) is 5.92 Å². The zero-order chi connectivity index (χ0) is 15.2. The third kappa shape index (κ3) is 4.46. The molecule has 110 valence electrons. The maximum atomic E-state index is 12.3. The molecule has 0 fully saturated rings. The van der Waals surface area contributed by atoms with Crippen molar-refractivity contribution in [3.05, 3.63) is 53.3 Å². The average Bonchev–Trinajstić information content (AvgIpc) is 2.47. The number of nitrogens with one attached hydrogen (secondary N) is 1. The van der Waals surface area contributed by atoms with Gasteiger partial charge in [-0.1, -0.05) is 37.6 Å². The Balaban J connectivity index is 2.13. The van der Waals surface area contributed by atoms with Gasteiger partial charge in [-0.05, 0) is 30.2 Å². The van der Waals surface area contributed by atoms with Crippen molar-refractivity contribution in [2.45, 2.75) is 13.8 Å². The topological polar surface area (TPSA) is 51.2 Å². The zero-order valence-corrected chi connectivity index (χ0v) is 12.7. The molecule has 4 nitrogen and oxygen atoms in total. The Hall–Kier alpha value is -2.07. The van der Waals surface area contributed by atoms with E-state index in [0.717, 1.165) is 0 Å². The van der Waals surface area contributed by atoms with Gasteiger partial charge in [0.2, 0.25) is 0 Å². The first-order valence-corrected chi connectivity index (χ1v) is 7.09. The Morgan fingerprint density at radius 3 is 2.71 bits per heavy atom. The van der Waals surface area contributed by atoms with Gasteiger partial charge in [0.25, 0.3) is 5.91 Å². The molecule has 1 N–H and O–H groups in total. The number of benzene rings is 1. The molecule has 0 spiro atoms. The monoisotopic (exact) mass is 304 g/mol. The minimum Gasteiger partial charge on any atom is -0.492 e. The maximum absolute atomic E-state index is 12.3. The summed E-state index contributed by atoms with van der Waals surface area (Å²) in [6.07, 6.45) is 1.51. The number of ether oxygens (including phenoxy) is 1. The first kappa shape index (κ1) is 15.3. The van der Waals surface area contributed by atoms with Crippen LogP contribution in [0.3, 0.4) is 0 Å². The number of anilines is 1. The number of nitrogens with zero attached hydrogens (tertiary/aromatic N) is 1. The Kier molecular flexibility index (Phi) is 5.17. The van der Waals surface area contributed by atoms with Gasteiger partial charge in [0, 0.05) is 0 Å². The van der Waals surface area contributed by atoms with Crippen LogP contribution in [-0.4, -0.2) is 17.5 Å². The van der Waals surface area contributed by atoms with Gasteiger partial charge in [0.15, 0.2) is 0 Å². The number of carbonyl (C=O) groups excluding carboxylic acids is 1. The number of pyridine rings is 1. The first-order chi connectivity index (χ1) is 10.1. The highest BCUT2D eigenvalue weighted by atomic mass is 35.5. The van der Waals surface area contributed by atoms with Crippen molar-refractivity contribution in [3.8, 4) is 5.75 Å². The molecule has 2 rings (SSSR count). The molecule has 1 heterocycles. The molecule has 21 heavy (non-hydrogen) atoms. The molecule has 0 radical (unpaired) electrons. The third-order valence-electron chi connectivity index (χ3n) is 2.69. The fraction of sp³-hybridized carbons (Fsp3) is 0.250. The quantitative estimate of drug-likeness (QED) is 0.849. The number of aromatic nitrogens is 1. The van der Waals surface area contributed by atoms with Crippen molar-refractivity contribution in [1.29, 1.82) is 0 Å². The Morgan fingerprint density at radius 2 is 2.05 bits per heavy atom. The second-order valence-corrected chi connectivity index (χ2v) is 5.41. The van der Waals surface area contributed by atoms with Gasteiger partial charge < -0.3 is 10.1 Å². The van der Waals surface area contributed by atoms with Crippen molar-refractivity contribution in [2.75, 3.05) is 11.9 Å². The van der Waals surface area contributed by atoms with Crippen molar-refractivity contribution in [3.63, 3.8) is 0 Å². The Bertz CT molecular complexity index is 612. The summed E-state index contributed by atoms with van der Waals surface area (Å²) in [6, 6.07) is 10.5. The minimum absolute atomic E-state index is 0.238. The zero-order valence-electron chi connectivity index (χ0n) is 12.0. The van der Waals surface area contributed by atoms with E-state index in [-0.39, 0.29) is 5.91 Å². The van der Waals surface area contributed by atoms with Gasteiger partial charge in [-0.25, -0.2) is 4.98 Å². The summed E-state index contributed by atoms with van der Waals surface area (Å²) in [4.78, 5) is 16.2. The molecule has 1 aromatic heterocycles. The van der Waals surface area contributed by atoms with E-state index in [0.29, 0.717) is 34.7 Å². The van der Waals surface area contributed by atoms with Crippen LogP contribution in [0, 0.1) is 5.92 Å². The number of rotatable bonds is 5. The minimum atomic E-state index is -0.238. The number of hydrogen-bond acceptors (Lipinski definition) is 3.